The monoisotopic (exact) mass is 315 g/mol. The molecule has 4 nitrogen and oxygen atoms in total. The molecule has 0 spiro atoms. The van der Waals surface area contributed by atoms with Gasteiger partial charge in [0.1, 0.15) is 6.04 Å². The van der Waals surface area contributed by atoms with E-state index < -0.39 is 29.7 Å². The van der Waals surface area contributed by atoms with Gasteiger partial charge in [0.05, 0.1) is 19.1 Å². The van der Waals surface area contributed by atoms with E-state index >= 15 is 0 Å². The van der Waals surface area contributed by atoms with E-state index in [1.54, 1.807) is 0 Å². The molecule has 1 amide bonds. The van der Waals surface area contributed by atoms with Gasteiger partial charge in [-0.2, -0.15) is 13.2 Å². The summed E-state index contributed by atoms with van der Waals surface area (Å²) >= 11 is 0. The molecular weight excluding hydrogens is 299 g/mol. The Morgan fingerprint density at radius 2 is 1.91 bits per heavy atom. The number of hydrogen-bond acceptors (Lipinski definition) is 3. The van der Waals surface area contributed by atoms with Crippen LogP contribution in [-0.2, 0) is 26.9 Å². The molecule has 0 unspecified atom stereocenters. The Bertz CT molecular complexity index is 538. The summed E-state index contributed by atoms with van der Waals surface area (Å²) in [7, 11) is 1.19. The minimum absolute atomic E-state index is 0.136. The molecule has 1 atom stereocenters. The maximum absolute atomic E-state index is 12.4. The van der Waals surface area contributed by atoms with Crippen molar-refractivity contribution in [2.45, 2.75) is 25.1 Å². The molecule has 0 aliphatic carbocycles. The number of esters is 1. The maximum atomic E-state index is 12.4. The zero-order valence-electron chi connectivity index (χ0n) is 11.9. The molecule has 1 N–H and O–H groups in total. The van der Waals surface area contributed by atoms with Crippen LogP contribution >= 0.6 is 0 Å². The van der Waals surface area contributed by atoms with Crippen LogP contribution in [0.25, 0.3) is 0 Å². The average Bonchev–Trinajstić information content (AvgIpc) is 2.45. The highest BCUT2D eigenvalue weighted by atomic mass is 19.4. The lowest BCUT2D eigenvalue weighted by molar-refractivity contribution is -0.145. The summed E-state index contributed by atoms with van der Waals surface area (Å²) < 4.78 is 41.8. The molecule has 22 heavy (non-hydrogen) atoms. The van der Waals surface area contributed by atoms with Crippen molar-refractivity contribution in [3.8, 4) is 0 Å². The van der Waals surface area contributed by atoms with Crippen molar-refractivity contribution in [2.75, 3.05) is 7.11 Å². The Balaban J connectivity index is 2.68. The molecule has 0 saturated carbocycles. The largest absolute Gasteiger partial charge is 0.467 e. The van der Waals surface area contributed by atoms with Crippen LogP contribution < -0.4 is 5.32 Å². The molecule has 1 rings (SSSR count). The molecule has 1 aromatic rings. The number of rotatable bonds is 6. The molecule has 0 aliphatic heterocycles. The summed E-state index contributed by atoms with van der Waals surface area (Å²) in [6.07, 6.45) is -2.89. The maximum Gasteiger partial charge on any atom is 0.416 e. The van der Waals surface area contributed by atoms with Crippen molar-refractivity contribution in [1.82, 2.24) is 5.32 Å². The Hall–Kier alpha value is -2.31. The van der Waals surface area contributed by atoms with E-state index in [4.69, 9.17) is 0 Å². The minimum atomic E-state index is -4.42. The first kappa shape index (κ1) is 17.7. The van der Waals surface area contributed by atoms with Gasteiger partial charge in [-0.25, -0.2) is 4.79 Å². The van der Waals surface area contributed by atoms with Gasteiger partial charge >= 0.3 is 12.1 Å². The summed E-state index contributed by atoms with van der Waals surface area (Å²) in [6, 6.07) is 3.41. The Labute approximate surface area is 126 Å². The number of benzene rings is 1. The summed E-state index contributed by atoms with van der Waals surface area (Å²) in [6.45, 7) is 3.48. The standard InChI is InChI=1S/C15H16F3NO3/c1-3-4-12(14(21)22-2)19-13(20)9-10-5-7-11(8-6-10)15(16,17)18/h3,5-8,12H,1,4,9H2,2H3,(H,19,20)/t12-/m1/s1. The number of alkyl halides is 3. The fraction of sp³-hybridized carbons (Fsp3) is 0.333. The van der Waals surface area contributed by atoms with E-state index in [0.717, 1.165) is 12.1 Å². The fourth-order valence-corrected chi connectivity index (χ4v) is 1.77. The first-order valence-electron chi connectivity index (χ1n) is 6.42. The van der Waals surface area contributed by atoms with Gasteiger partial charge in [-0.05, 0) is 24.1 Å². The van der Waals surface area contributed by atoms with Gasteiger partial charge in [0.25, 0.3) is 0 Å². The number of halogens is 3. The Morgan fingerprint density at radius 3 is 2.36 bits per heavy atom. The van der Waals surface area contributed by atoms with E-state index in [2.05, 4.69) is 16.6 Å². The van der Waals surface area contributed by atoms with Crippen LogP contribution in [0.3, 0.4) is 0 Å². The van der Waals surface area contributed by atoms with Crippen molar-refractivity contribution >= 4 is 11.9 Å². The average molecular weight is 315 g/mol. The second-order valence-corrected chi connectivity index (χ2v) is 4.54. The van der Waals surface area contributed by atoms with Crippen molar-refractivity contribution < 1.29 is 27.5 Å². The zero-order valence-corrected chi connectivity index (χ0v) is 11.9. The summed E-state index contributed by atoms with van der Waals surface area (Å²) in [5.41, 5.74) is -0.372. The van der Waals surface area contributed by atoms with E-state index in [0.29, 0.717) is 5.56 Å². The number of ether oxygens (including phenoxy) is 1. The molecule has 0 bridgehead atoms. The predicted octanol–water partition coefficient (Wildman–Crippen LogP) is 2.48. The third kappa shape index (κ3) is 5.23. The lowest BCUT2D eigenvalue weighted by Crippen LogP contribution is -2.41. The molecule has 0 radical (unpaired) electrons. The molecule has 1 aromatic carbocycles. The molecule has 0 saturated heterocycles. The summed E-state index contributed by atoms with van der Waals surface area (Å²) in [5.74, 6) is -1.10. The first-order chi connectivity index (χ1) is 10.3. The van der Waals surface area contributed by atoms with Crippen molar-refractivity contribution in [3.63, 3.8) is 0 Å². The number of carbonyl (C=O) groups excluding carboxylic acids is 2. The second kappa shape index (κ2) is 7.63. The molecule has 120 valence electrons. The van der Waals surface area contributed by atoms with Crippen LogP contribution in [0.1, 0.15) is 17.5 Å². The number of hydrogen-bond donors (Lipinski definition) is 1. The number of amides is 1. The molecule has 0 fully saturated rings. The zero-order chi connectivity index (χ0) is 16.8. The van der Waals surface area contributed by atoms with E-state index in [1.807, 2.05) is 0 Å². The Kier molecular flexibility index (Phi) is 6.15. The quantitative estimate of drug-likeness (QED) is 0.648. The summed E-state index contributed by atoms with van der Waals surface area (Å²) in [4.78, 5) is 23.3. The highest BCUT2D eigenvalue weighted by Crippen LogP contribution is 2.29. The highest BCUT2D eigenvalue weighted by molar-refractivity contribution is 5.85. The van der Waals surface area contributed by atoms with Crippen LogP contribution in [0.15, 0.2) is 36.9 Å². The lowest BCUT2D eigenvalue weighted by Gasteiger charge is -2.15. The van der Waals surface area contributed by atoms with Crippen LogP contribution in [0.4, 0.5) is 13.2 Å². The van der Waals surface area contributed by atoms with Gasteiger partial charge in [0.2, 0.25) is 5.91 Å². The normalized spacial score (nSPS) is 12.4. The van der Waals surface area contributed by atoms with Gasteiger partial charge in [-0.3, -0.25) is 4.79 Å². The number of methoxy groups -OCH3 is 1. The van der Waals surface area contributed by atoms with Gasteiger partial charge in [-0.15, -0.1) is 6.58 Å². The van der Waals surface area contributed by atoms with E-state index in [9.17, 15) is 22.8 Å². The first-order valence-corrected chi connectivity index (χ1v) is 6.42. The molecule has 0 heterocycles. The fourth-order valence-electron chi connectivity index (χ4n) is 1.77. The third-order valence-electron chi connectivity index (χ3n) is 2.87. The molecule has 7 heteroatoms. The van der Waals surface area contributed by atoms with Gasteiger partial charge in [-0.1, -0.05) is 18.2 Å². The lowest BCUT2D eigenvalue weighted by atomic mass is 10.1. The number of carbonyl (C=O) groups is 2. The van der Waals surface area contributed by atoms with Crippen LogP contribution in [-0.4, -0.2) is 25.0 Å². The highest BCUT2D eigenvalue weighted by Gasteiger charge is 2.30. The topological polar surface area (TPSA) is 55.4 Å². The minimum Gasteiger partial charge on any atom is -0.467 e. The second-order valence-electron chi connectivity index (χ2n) is 4.54. The van der Waals surface area contributed by atoms with Crippen LogP contribution in [0, 0.1) is 0 Å². The van der Waals surface area contributed by atoms with E-state index in [-0.39, 0.29) is 12.8 Å². The SMILES string of the molecule is C=CC[C@@H](NC(=O)Cc1ccc(C(F)(F)F)cc1)C(=O)OC. The van der Waals surface area contributed by atoms with Crippen LogP contribution in [0.5, 0.6) is 0 Å². The number of nitrogens with one attached hydrogen (secondary N) is 1. The third-order valence-corrected chi connectivity index (χ3v) is 2.87. The molecular formula is C15H16F3NO3. The van der Waals surface area contributed by atoms with Crippen LogP contribution in [0.2, 0.25) is 0 Å². The van der Waals surface area contributed by atoms with Gasteiger partial charge in [0.15, 0.2) is 0 Å². The summed E-state index contributed by atoms with van der Waals surface area (Å²) in [5, 5.41) is 2.46. The van der Waals surface area contributed by atoms with Crippen molar-refractivity contribution in [3.05, 3.63) is 48.0 Å². The molecule has 0 aliphatic rings. The predicted molar refractivity (Wildman–Crippen MR) is 73.9 cm³/mol. The van der Waals surface area contributed by atoms with E-state index in [1.165, 1.54) is 25.3 Å². The Morgan fingerprint density at radius 1 is 1.32 bits per heavy atom. The van der Waals surface area contributed by atoms with Gasteiger partial charge < -0.3 is 10.1 Å². The smallest absolute Gasteiger partial charge is 0.416 e. The van der Waals surface area contributed by atoms with Crippen molar-refractivity contribution in [2.24, 2.45) is 0 Å². The van der Waals surface area contributed by atoms with Crippen molar-refractivity contribution in [1.29, 1.82) is 0 Å². The molecule has 0 aromatic heterocycles. The van der Waals surface area contributed by atoms with Gasteiger partial charge in [0, 0.05) is 0 Å².